The molecule has 0 radical (unpaired) electrons. The van der Waals surface area contributed by atoms with E-state index >= 15 is 0 Å². The summed E-state index contributed by atoms with van der Waals surface area (Å²) in [5.74, 6) is -0.270. The quantitative estimate of drug-likeness (QED) is 0.453. The molecule has 1 aromatic heterocycles. The van der Waals surface area contributed by atoms with E-state index < -0.39 is 0 Å². The van der Waals surface area contributed by atoms with Crippen LogP contribution in [-0.4, -0.2) is 15.2 Å². The second kappa shape index (κ2) is 6.14. The lowest BCUT2D eigenvalue weighted by Gasteiger charge is -2.03. The van der Waals surface area contributed by atoms with Gasteiger partial charge in [-0.15, -0.1) is 24.0 Å². The van der Waals surface area contributed by atoms with E-state index in [4.69, 9.17) is 12.2 Å². The molecule has 4 nitrogen and oxygen atoms in total. The summed E-state index contributed by atoms with van der Waals surface area (Å²) >= 11 is 9.91. The Balaban J connectivity index is 2.22. The van der Waals surface area contributed by atoms with Crippen LogP contribution >= 0.6 is 36.2 Å². The van der Waals surface area contributed by atoms with Crippen LogP contribution in [0.25, 0.3) is 10.6 Å². The zero-order chi connectivity index (χ0) is 13.8. The van der Waals surface area contributed by atoms with E-state index in [-0.39, 0.29) is 10.2 Å². The van der Waals surface area contributed by atoms with E-state index in [0.717, 1.165) is 10.6 Å². The zero-order valence-corrected chi connectivity index (χ0v) is 12.5. The highest BCUT2D eigenvalue weighted by atomic mass is 32.1. The van der Waals surface area contributed by atoms with Gasteiger partial charge in [-0.25, -0.2) is 4.98 Å². The Kier molecular flexibility index (Phi) is 4.52. The van der Waals surface area contributed by atoms with Crippen LogP contribution in [0.2, 0.25) is 0 Å². The highest BCUT2D eigenvalue weighted by Gasteiger charge is 2.15. The summed E-state index contributed by atoms with van der Waals surface area (Å²) < 4.78 is 0.207. The Bertz CT molecular complexity index is 610. The average molecular weight is 309 g/mol. The number of aryl methyl sites for hydroxylation is 1. The Hall–Kier alpha value is -1.44. The monoisotopic (exact) mass is 309 g/mol. The molecular formula is C12H11N3OS3. The molecule has 1 heterocycles. The molecule has 0 unspecified atom stereocenters. The van der Waals surface area contributed by atoms with Crippen LogP contribution in [-0.2, 0) is 0 Å². The number of hydrazine groups is 1. The maximum atomic E-state index is 11.9. The van der Waals surface area contributed by atoms with Gasteiger partial charge in [0.25, 0.3) is 5.91 Å². The molecule has 0 aliphatic heterocycles. The number of rotatable bonds is 2. The first-order valence-electron chi connectivity index (χ1n) is 5.40. The minimum atomic E-state index is -0.270. The van der Waals surface area contributed by atoms with Crippen LogP contribution < -0.4 is 10.9 Å². The molecule has 0 fully saturated rings. The molecule has 19 heavy (non-hydrogen) atoms. The third-order valence-electron chi connectivity index (χ3n) is 2.31. The highest BCUT2D eigenvalue weighted by molar-refractivity contribution is 8.11. The van der Waals surface area contributed by atoms with Gasteiger partial charge in [0, 0.05) is 5.56 Å². The second-order valence-electron chi connectivity index (χ2n) is 3.68. The molecule has 0 saturated heterocycles. The summed E-state index contributed by atoms with van der Waals surface area (Å²) in [7, 11) is 0. The number of hydrogen-bond acceptors (Lipinski definition) is 4. The second-order valence-corrected chi connectivity index (χ2v) is 5.84. The van der Waals surface area contributed by atoms with Crippen molar-refractivity contribution in [3.05, 3.63) is 40.9 Å². The van der Waals surface area contributed by atoms with Crippen LogP contribution in [0.1, 0.15) is 15.4 Å². The van der Waals surface area contributed by atoms with Crippen molar-refractivity contribution in [2.24, 2.45) is 0 Å². The van der Waals surface area contributed by atoms with Crippen molar-refractivity contribution < 1.29 is 4.79 Å². The number of carbonyl (C=O) groups is 1. The third kappa shape index (κ3) is 3.52. The lowest BCUT2D eigenvalue weighted by Crippen LogP contribution is -2.38. The maximum absolute atomic E-state index is 11.9. The van der Waals surface area contributed by atoms with Gasteiger partial charge in [-0.05, 0) is 6.92 Å². The number of carbonyl (C=O) groups excluding carboxylic acids is 1. The summed E-state index contributed by atoms with van der Waals surface area (Å²) in [6, 6.07) is 9.73. The lowest BCUT2D eigenvalue weighted by molar-refractivity contribution is 0.0948. The minimum Gasteiger partial charge on any atom is -0.283 e. The lowest BCUT2D eigenvalue weighted by atomic mass is 10.2. The van der Waals surface area contributed by atoms with E-state index in [2.05, 4.69) is 28.5 Å². The number of aromatic nitrogens is 1. The van der Waals surface area contributed by atoms with Gasteiger partial charge < -0.3 is 0 Å². The maximum Gasteiger partial charge on any atom is 0.281 e. The number of amides is 1. The topological polar surface area (TPSA) is 54.0 Å². The van der Waals surface area contributed by atoms with Gasteiger partial charge in [0.05, 0.1) is 5.69 Å². The van der Waals surface area contributed by atoms with Gasteiger partial charge in [-0.3, -0.25) is 15.6 Å². The van der Waals surface area contributed by atoms with Crippen LogP contribution in [0, 0.1) is 6.92 Å². The van der Waals surface area contributed by atoms with Gasteiger partial charge in [-0.2, -0.15) is 0 Å². The third-order valence-corrected chi connectivity index (χ3v) is 3.73. The first kappa shape index (κ1) is 14.0. The summed E-state index contributed by atoms with van der Waals surface area (Å²) in [6.07, 6.45) is 0. The van der Waals surface area contributed by atoms with Crippen molar-refractivity contribution in [2.45, 2.75) is 6.92 Å². The molecule has 2 rings (SSSR count). The zero-order valence-electron chi connectivity index (χ0n) is 10.0. The molecule has 2 N–H and O–H groups in total. The number of nitrogens with one attached hydrogen (secondary N) is 2. The van der Waals surface area contributed by atoms with Crippen molar-refractivity contribution in [3.8, 4) is 10.6 Å². The molecule has 7 heteroatoms. The molecule has 1 amide bonds. The predicted molar refractivity (Wildman–Crippen MR) is 84.5 cm³/mol. The van der Waals surface area contributed by atoms with Gasteiger partial charge in [0.2, 0.25) is 0 Å². The van der Waals surface area contributed by atoms with Gasteiger partial charge in [0.15, 0.2) is 0 Å². The molecule has 98 valence electrons. The van der Waals surface area contributed by atoms with E-state index in [1.165, 1.54) is 11.3 Å². The van der Waals surface area contributed by atoms with Gasteiger partial charge in [0.1, 0.15) is 14.2 Å². The fourth-order valence-corrected chi connectivity index (χ4v) is 2.55. The van der Waals surface area contributed by atoms with Crippen LogP contribution in [0.5, 0.6) is 0 Å². The van der Waals surface area contributed by atoms with E-state index in [0.29, 0.717) is 10.6 Å². The van der Waals surface area contributed by atoms with E-state index in [1.54, 1.807) is 6.92 Å². The fraction of sp³-hybridized carbons (Fsp3) is 0.0833. The molecule has 0 aliphatic carbocycles. The molecule has 0 spiro atoms. The average Bonchev–Trinajstić information content (AvgIpc) is 2.79. The summed E-state index contributed by atoms with van der Waals surface area (Å²) in [5, 5.41) is 0.816. The number of nitrogens with zero attached hydrogens (tertiary/aromatic N) is 1. The van der Waals surface area contributed by atoms with Gasteiger partial charge >= 0.3 is 0 Å². The largest absolute Gasteiger partial charge is 0.283 e. The predicted octanol–water partition coefficient (Wildman–Crippen LogP) is 2.57. The summed E-state index contributed by atoms with van der Waals surface area (Å²) in [4.78, 5) is 16.9. The molecule has 0 bridgehead atoms. The van der Waals surface area contributed by atoms with Crippen LogP contribution in [0.15, 0.2) is 30.3 Å². The van der Waals surface area contributed by atoms with Crippen LogP contribution in [0.3, 0.4) is 0 Å². The normalized spacial score (nSPS) is 10.0. The number of hydrogen-bond donors (Lipinski definition) is 3. The van der Waals surface area contributed by atoms with E-state index in [9.17, 15) is 4.79 Å². The van der Waals surface area contributed by atoms with Crippen molar-refractivity contribution in [2.75, 3.05) is 0 Å². The molecular weight excluding hydrogens is 298 g/mol. The first-order chi connectivity index (χ1) is 9.08. The number of benzene rings is 1. The molecule has 0 atom stereocenters. The van der Waals surface area contributed by atoms with Crippen molar-refractivity contribution in [1.82, 2.24) is 15.8 Å². The number of thiol groups is 1. The SMILES string of the molecule is Cc1nc(-c2ccccc2)sc1C(=O)NNC(=S)S. The summed E-state index contributed by atoms with van der Waals surface area (Å²) in [5.41, 5.74) is 6.64. The Morgan fingerprint density at radius 3 is 2.63 bits per heavy atom. The van der Waals surface area contributed by atoms with Gasteiger partial charge in [-0.1, -0.05) is 42.5 Å². The Morgan fingerprint density at radius 2 is 2.00 bits per heavy atom. The van der Waals surface area contributed by atoms with Crippen LogP contribution in [0.4, 0.5) is 0 Å². The fourth-order valence-electron chi connectivity index (χ4n) is 1.48. The smallest absolute Gasteiger partial charge is 0.281 e. The summed E-state index contributed by atoms with van der Waals surface area (Å²) in [6.45, 7) is 1.80. The van der Waals surface area contributed by atoms with Crippen molar-refractivity contribution in [3.63, 3.8) is 0 Å². The van der Waals surface area contributed by atoms with E-state index in [1.807, 2.05) is 30.3 Å². The standard InChI is InChI=1S/C12H11N3OS3/c1-7-9(10(16)14-15-12(17)18)19-11(13-7)8-5-3-2-4-6-8/h2-6H,1H3,(H,14,16)(H2,15,17,18). The molecule has 1 aromatic carbocycles. The Morgan fingerprint density at radius 1 is 1.32 bits per heavy atom. The minimum absolute atomic E-state index is 0.207. The molecule has 0 saturated carbocycles. The number of thiazole rings is 1. The van der Waals surface area contributed by atoms with Crippen molar-refractivity contribution >= 4 is 46.4 Å². The molecule has 0 aliphatic rings. The van der Waals surface area contributed by atoms with Crippen molar-refractivity contribution in [1.29, 1.82) is 0 Å². The first-order valence-corrected chi connectivity index (χ1v) is 7.07. The highest BCUT2D eigenvalue weighted by Crippen LogP contribution is 2.27. The Labute approximate surface area is 125 Å². The number of thiocarbonyl (C=S) groups is 1. The molecule has 2 aromatic rings.